The van der Waals surface area contributed by atoms with E-state index in [4.69, 9.17) is 10.00 Å². The van der Waals surface area contributed by atoms with Gasteiger partial charge in [-0.1, -0.05) is 0 Å². The van der Waals surface area contributed by atoms with Crippen molar-refractivity contribution in [3.05, 3.63) is 35.4 Å². The van der Waals surface area contributed by atoms with E-state index in [1.807, 2.05) is 6.07 Å². The summed E-state index contributed by atoms with van der Waals surface area (Å²) in [6.07, 6.45) is 2.30. The fourth-order valence-electron chi connectivity index (χ4n) is 1.95. The van der Waals surface area contributed by atoms with Crippen LogP contribution >= 0.6 is 0 Å². The fourth-order valence-corrected chi connectivity index (χ4v) is 1.95. The van der Waals surface area contributed by atoms with Crippen LogP contribution in [0.3, 0.4) is 0 Å². The lowest BCUT2D eigenvalue weighted by atomic mass is 9.96. The maximum Gasteiger partial charge on any atom is 0.338 e. The van der Waals surface area contributed by atoms with E-state index in [0.717, 1.165) is 12.8 Å². The third-order valence-electron chi connectivity index (χ3n) is 3.00. The standard InChI is InChI=1S/C14H13NO3/c15-9-10-5-7-11(8-6-10)14(17)18-13-4-2-1-3-12(13)16/h5-8,13H,1-4H2. The lowest BCUT2D eigenvalue weighted by Gasteiger charge is -2.20. The van der Waals surface area contributed by atoms with E-state index in [2.05, 4.69) is 0 Å². The molecule has 4 heteroatoms. The fraction of sp³-hybridized carbons (Fsp3) is 0.357. The Kier molecular flexibility index (Phi) is 3.73. The van der Waals surface area contributed by atoms with Crippen LogP contribution in [0.15, 0.2) is 24.3 Å². The average molecular weight is 243 g/mol. The summed E-state index contributed by atoms with van der Waals surface area (Å²) in [5.74, 6) is -0.497. The zero-order valence-corrected chi connectivity index (χ0v) is 9.89. The first-order valence-electron chi connectivity index (χ1n) is 5.94. The highest BCUT2D eigenvalue weighted by atomic mass is 16.5. The summed E-state index contributed by atoms with van der Waals surface area (Å²) in [4.78, 5) is 23.3. The van der Waals surface area contributed by atoms with E-state index in [0.29, 0.717) is 24.0 Å². The topological polar surface area (TPSA) is 67.2 Å². The Morgan fingerprint density at radius 1 is 1.28 bits per heavy atom. The number of ketones is 1. The maximum absolute atomic E-state index is 11.8. The van der Waals surface area contributed by atoms with Crippen LogP contribution in [0.2, 0.25) is 0 Å². The van der Waals surface area contributed by atoms with Gasteiger partial charge in [-0.25, -0.2) is 4.79 Å². The summed E-state index contributed by atoms with van der Waals surface area (Å²) >= 11 is 0. The number of esters is 1. The minimum absolute atomic E-state index is 0.00300. The van der Waals surface area contributed by atoms with Crippen molar-refractivity contribution < 1.29 is 14.3 Å². The Bertz CT molecular complexity index is 499. The largest absolute Gasteiger partial charge is 0.451 e. The molecule has 0 bridgehead atoms. The van der Waals surface area contributed by atoms with Crippen molar-refractivity contribution in [2.45, 2.75) is 31.8 Å². The second-order valence-electron chi connectivity index (χ2n) is 4.30. The van der Waals surface area contributed by atoms with Crippen LogP contribution in [0.5, 0.6) is 0 Å². The molecule has 4 nitrogen and oxygen atoms in total. The van der Waals surface area contributed by atoms with Crippen LogP contribution in [0.4, 0.5) is 0 Å². The molecular formula is C14H13NO3. The van der Waals surface area contributed by atoms with E-state index in [1.165, 1.54) is 12.1 Å². The van der Waals surface area contributed by atoms with Gasteiger partial charge >= 0.3 is 5.97 Å². The number of Topliss-reactive ketones (excluding diaryl/α,β-unsaturated/α-hetero) is 1. The number of rotatable bonds is 2. The van der Waals surface area contributed by atoms with Gasteiger partial charge in [0.15, 0.2) is 11.9 Å². The third-order valence-corrected chi connectivity index (χ3v) is 3.00. The van der Waals surface area contributed by atoms with Crippen LogP contribution < -0.4 is 0 Å². The van der Waals surface area contributed by atoms with Gasteiger partial charge in [0, 0.05) is 6.42 Å². The van der Waals surface area contributed by atoms with Crippen LogP contribution in [0.25, 0.3) is 0 Å². The predicted octanol–water partition coefficient (Wildman–Crippen LogP) is 2.23. The van der Waals surface area contributed by atoms with Crippen LogP contribution in [0.1, 0.15) is 41.6 Å². The molecule has 0 heterocycles. The molecule has 1 unspecified atom stereocenters. The summed E-state index contributed by atoms with van der Waals surface area (Å²) < 4.78 is 5.19. The molecule has 1 saturated carbocycles. The Hall–Kier alpha value is -2.15. The van der Waals surface area contributed by atoms with Crippen molar-refractivity contribution in [1.29, 1.82) is 5.26 Å². The molecule has 1 aromatic rings. The highest BCUT2D eigenvalue weighted by Gasteiger charge is 2.26. The van der Waals surface area contributed by atoms with E-state index in [-0.39, 0.29) is 5.78 Å². The molecule has 0 spiro atoms. The molecule has 0 amide bonds. The first-order chi connectivity index (χ1) is 8.70. The van der Waals surface area contributed by atoms with Gasteiger partial charge in [0.2, 0.25) is 0 Å². The van der Waals surface area contributed by atoms with E-state index < -0.39 is 12.1 Å². The number of benzene rings is 1. The first kappa shape index (κ1) is 12.3. The SMILES string of the molecule is N#Cc1ccc(C(=O)OC2CCCCC2=O)cc1. The first-order valence-corrected chi connectivity index (χ1v) is 5.94. The molecule has 2 rings (SSSR count). The molecule has 0 aromatic heterocycles. The highest BCUT2D eigenvalue weighted by Crippen LogP contribution is 2.18. The van der Waals surface area contributed by atoms with Crippen molar-refractivity contribution >= 4 is 11.8 Å². The van der Waals surface area contributed by atoms with Gasteiger partial charge in [-0.15, -0.1) is 0 Å². The molecule has 0 aliphatic heterocycles. The molecule has 1 aliphatic carbocycles. The summed E-state index contributed by atoms with van der Waals surface area (Å²) in [6.45, 7) is 0. The molecule has 0 radical (unpaired) electrons. The second-order valence-corrected chi connectivity index (χ2v) is 4.30. The monoisotopic (exact) mass is 243 g/mol. The number of hydrogen-bond acceptors (Lipinski definition) is 4. The molecule has 1 atom stereocenters. The predicted molar refractivity (Wildman–Crippen MR) is 63.8 cm³/mol. The molecule has 1 aromatic carbocycles. The van der Waals surface area contributed by atoms with Crippen molar-refractivity contribution in [3.63, 3.8) is 0 Å². The average Bonchev–Trinajstić information content (AvgIpc) is 2.41. The van der Waals surface area contributed by atoms with Gasteiger partial charge in [-0.2, -0.15) is 5.26 Å². The van der Waals surface area contributed by atoms with Crippen molar-refractivity contribution in [2.75, 3.05) is 0 Å². The number of nitrogens with zero attached hydrogens (tertiary/aromatic N) is 1. The van der Waals surface area contributed by atoms with Gasteiger partial charge in [0.25, 0.3) is 0 Å². The van der Waals surface area contributed by atoms with Crippen molar-refractivity contribution in [3.8, 4) is 6.07 Å². The van der Waals surface area contributed by atoms with Crippen molar-refractivity contribution in [1.82, 2.24) is 0 Å². The van der Waals surface area contributed by atoms with E-state index in [9.17, 15) is 9.59 Å². The number of ether oxygens (including phenoxy) is 1. The Morgan fingerprint density at radius 3 is 2.61 bits per heavy atom. The molecule has 0 saturated heterocycles. The minimum Gasteiger partial charge on any atom is -0.451 e. The van der Waals surface area contributed by atoms with Crippen LogP contribution in [-0.4, -0.2) is 17.9 Å². The van der Waals surface area contributed by atoms with Gasteiger partial charge in [0.1, 0.15) is 0 Å². The molecule has 92 valence electrons. The Labute approximate surface area is 105 Å². The molecular weight excluding hydrogens is 230 g/mol. The minimum atomic E-state index is -0.595. The van der Waals surface area contributed by atoms with Crippen LogP contribution in [-0.2, 0) is 9.53 Å². The highest BCUT2D eigenvalue weighted by molar-refractivity contribution is 5.93. The lowest BCUT2D eigenvalue weighted by molar-refractivity contribution is -0.129. The van der Waals surface area contributed by atoms with E-state index in [1.54, 1.807) is 12.1 Å². The number of hydrogen-bond donors (Lipinski definition) is 0. The molecule has 1 fully saturated rings. The van der Waals surface area contributed by atoms with Gasteiger partial charge < -0.3 is 4.74 Å². The number of nitriles is 1. The third kappa shape index (κ3) is 2.75. The van der Waals surface area contributed by atoms with E-state index >= 15 is 0 Å². The molecule has 18 heavy (non-hydrogen) atoms. The lowest BCUT2D eigenvalue weighted by Crippen LogP contribution is -2.30. The second kappa shape index (κ2) is 5.46. The zero-order valence-electron chi connectivity index (χ0n) is 9.89. The normalized spacial score (nSPS) is 19.1. The van der Waals surface area contributed by atoms with Gasteiger partial charge in [-0.3, -0.25) is 4.79 Å². The number of carbonyl (C=O) groups is 2. The summed E-state index contributed by atoms with van der Waals surface area (Å²) in [5, 5.41) is 8.65. The smallest absolute Gasteiger partial charge is 0.338 e. The maximum atomic E-state index is 11.8. The summed E-state index contributed by atoms with van der Waals surface area (Å²) in [5.41, 5.74) is 0.854. The number of carbonyl (C=O) groups excluding carboxylic acids is 2. The Balaban J connectivity index is 2.02. The Morgan fingerprint density at radius 2 is 2.00 bits per heavy atom. The zero-order chi connectivity index (χ0) is 13.0. The van der Waals surface area contributed by atoms with Gasteiger partial charge in [-0.05, 0) is 43.5 Å². The van der Waals surface area contributed by atoms with Gasteiger partial charge in [0.05, 0.1) is 17.2 Å². The molecule has 1 aliphatic rings. The van der Waals surface area contributed by atoms with Crippen LogP contribution in [0, 0.1) is 11.3 Å². The molecule has 0 N–H and O–H groups in total. The summed E-state index contributed by atoms with van der Waals surface area (Å²) in [7, 11) is 0. The quantitative estimate of drug-likeness (QED) is 0.747. The summed E-state index contributed by atoms with van der Waals surface area (Å²) in [6, 6.07) is 8.16. The van der Waals surface area contributed by atoms with Crippen molar-refractivity contribution in [2.24, 2.45) is 0 Å².